The number of rotatable bonds is 2. The molecule has 1 atom stereocenters. The summed E-state index contributed by atoms with van der Waals surface area (Å²) in [5.74, 6) is -0.150. The van der Waals surface area contributed by atoms with Crippen LogP contribution in [-0.2, 0) is 11.8 Å². The highest BCUT2D eigenvalue weighted by atomic mass is 32.1. The van der Waals surface area contributed by atoms with Crippen molar-refractivity contribution in [1.82, 2.24) is 24.6 Å². The van der Waals surface area contributed by atoms with Crippen LogP contribution in [0.5, 0.6) is 0 Å². The van der Waals surface area contributed by atoms with E-state index in [1.54, 1.807) is 15.8 Å². The third kappa shape index (κ3) is 3.12. The molecule has 0 saturated carbocycles. The summed E-state index contributed by atoms with van der Waals surface area (Å²) in [7, 11) is 1.86. The van der Waals surface area contributed by atoms with Gasteiger partial charge in [0.1, 0.15) is 10.9 Å². The predicted molar refractivity (Wildman–Crippen MR) is 108 cm³/mol. The van der Waals surface area contributed by atoms with Gasteiger partial charge in [0.2, 0.25) is 0 Å². The molecule has 1 unspecified atom stereocenters. The fraction of sp³-hybridized carbons (Fsp3) is 0.250. The monoisotopic (exact) mass is 404 g/mol. The number of nitrogens with zero attached hydrogens (tertiary/aromatic N) is 6. The van der Waals surface area contributed by atoms with Crippen molar-refractivity contribution in [3.8, 4) is 17.3 Å². The third-order valence-corrected chi connectivity index (χ3v) is 5.93. The summed E-state index contributed by atoms with van der Waals surface area (Å²) >= 11 is 1.34. The molecule has 0 aromatic carbocycles. The van der Waals surface area contributed by atoms with Crippen molar-refractivity contribution in [1.29, 1.82) is 5.26 Å². The Kier molecular flexibility index (Phi) is 4.23. The Bertz CT molecular complexity index is 1290. The Morgan fingerprint density at radius 2 is 2.24 bits per heavy atom. The van der Waals surface area contributed by atoms with Gasteiger partial charge < -0.3 is 9.64 Å². The number of hydrogen-bond donors (Lipinski definition) is 0. The average Bonchev–Trinajstić information content (AvgIpc) is 3.34. The highest BCUT2D eigenvalue weighted by Crippen LogP contribution is 2.29. The molecule has 144 valence electrons. The molecule has 4 aromatic heterocycles. The zero-order valence-electron chi connectivity index (χ0n) is 15.6. The van der Waals surface area contributed by atoms with Gasteiger partial charge in [-0.1, -0.05) is 0 Å². The van der Waals surface area contributed by atoms with Crippen molar-refractivity contribution in [2.75, 3.05) is 19.8 Å². The van der Waals surface area contributed by atoms with Gasteiger partial charge in [-0.3, -0.25) is 9.48 Å². The van der Waals surface area contributed by atoms with Crippen LogP contribution < -0.4 is 0 Å². The molecular formula is C20H16N6O2S. The summed E-state index contributed by atoms with van der Waals surface area (Å²) in [4.78, 5) is 25.0. The lowest BCUT2D eigenvalue weighted by molar-refractivity contribution is 0.0135. The number of fused-ring (bicyclic) bond motifs is 2. The third-order valence-electron chi connectivity index (χ3n) is 4.90. The molecule has 5 rings (SSSR count). The summed E-state index contributed by atoms with van der Waals surface area (Å²) in [6, 6.07) is 9.32. The highest BCUT2D eigenvalue weighted by Gasteiger charge is 2.29. The van der Waals surface area contributed by atoms with Gasteiger partial charge in [0, 0.05) is 42.3 Å². The van der Waals surface area contributed by atoms with E-state index in [1.165, 1.54) is 11.3 Å². The number of aryl methyl sites for hydroxylation is 1. The Morgan fingerprint density at radius 3 is 3.10 bits per heavy atom. The minimum atomic E-state index is -0.553. The number of morpholine rings is 1. The lowest BCUT2D eigenvalue weighted by Crippen LogP contribution is -2.47. The number of amides is 1. The Hall–Kier alpha value is -3.35. The second kappa shape index (κ2) is 6.92. The molecule has 1 amide bonds. The van der Waals surface area contributed by atoms with Gasteiger partial charge >= 0.3 is 0 Å². The van der Waals surface area contributed by atoms with Gasteiger partial charge in [0.05, 0.1) is 29.9 Å². The first-order valence-electron chi connectivity index (χ1n) is 9.11. The number of aromatic nitrogens is 4. The number of carbonyl (C=O) groups is 1. The average molecular weight is 404 g/mol. The second-order valence-corrected chi connectivity index (χ2v) is 7.89. The highest BCUT2D eigenvalue weighted by molar-refractivity contribution is 7.20. The summed E-state index contributed by atoms with van der Waals surface area (Å²) in [5.41, 5.74) is 2.38. The lowest BCUT2D eigenvalue weighted by atomic mass is 10.1. The Balaban J connectivity index is 1.49. The van der Waals surface area contributed by atoms with E-state index in [-0.39, 0.29) is 12.5 Å². The molecule has 5 heterocycles. The fourth-order valence-corrected chi connectivity index (χ4v) is 4.44. The van der Waals surface area contributed by atoms with Crippen LogP contribution in [0.4, 0.5) is 0 Å². The van der Waals surface area contributed by atoms with Crippen LogP contribution >= 0.6 is 11.3 Å². The van der Waals surface area contributed by atoms with E-state index in [9.17, 15) is 10.1 Å². The fourth-order valence-electron chi connectivity index (χ4n) is 3.45. The lowest BCUT2D eigenvalue weighted by Gasteiger charge is -2.30. The molecule has 1 aliphatic heterocycles. The van der Waals surface area contributed by atoms with E-state index >= 15 is 0 Å². The van der Waals surface area contributed by atoms with Gasteiger partial charge in [-0.05, 0) is 24.3 Å². The molecule has 0 bridgehead atoms. The molecule has 1 aliphatic rings. The molecule has 8 nitrogen and oxygen atoms in total. The SMILES string of the molecule is Cn1cc2cc(-c3ccc4cc(C(=O)N5CCOCC5C#N)sc4n3)cnc2n1. The maximum Gasteiger partial charge on any atom is 0.265 e. The number of nitriles is 1. The summed E-state index contributed by atoms with van der Waals surface area (Å²) in [5, 5.41) is 15.4. The van der Waals surface area contributed by atoms with Gasteiger partial charge in [-0.15, -0.1) is 11.3 Å². The zero-order chi connectivity index (χ0) is 20.0. The summed E-state index contributed by atoms with van der Waals surface area (Å²) in [6.07, 6.45) is 3.68. The Labute approximate surface area is 170 Å². The molecule has 1 fully saturated rings. The molecule has 0 spiro atoms. The Morgan fingerprint density at radius 1 is 1.34 bits per heavy atom. The molecule has 9 heteroatoms. The first kappa shape index (κ1) is 17.7. The van der Waals surface area contributed by atoms with Crippen LogP contribution in [0.15, 0.2) is 36.7 Å². The number of hydrogen-bond acceptors (Lipinski definition) is 7. The van der Waals surface area contributed by atoms with Crippen LogP contribution in [0, 0.1) is 11.3 Å². The topological polar surface area (TPSA) is 96.9 Å². The van der Waals surface area contributed by atoms with Crippen molar-refractivity contribution in [3.05, 3.63) is 41.5 Å². The van der Waals surface area contributed by atoms with Crippen molar-refractivity contribution in [2.24, 2.45) is 7.05 Å². The normalized spacial score (nSPS) is 17.0. The number of ether oxygens (including phenoxy) is 1. The van der Waals surface area contributed by atoms with Gasteiger partial charge in [0.15, 0.2) is 5.65 Å². The predicted octanol–water partition coefficient (Wildman–Crippen LogP) is 2.61. The van der Waals surface area contributed by atoms with Crippen LogP contribution in [0.1, 0.15) is 9.67 Å². The van der Waals surface area contributed by atoms with E-state index in [2.05, 4.69) is 16.2 Å². The van der Waals surface area contributed by atoms with Crippen molar-refractivity contribution in [2.45, 2.75) is 6.04 Å². The summed E-state index contributed by atoms with van der Waals surface area (Å²) < 4.78 is 7.04. The first-order valence-corrected chi connectivity index (χ1v) is 9.93. The molecular weight excluding hydrogens is 388 g/mol. The molecule has 0 N–H and O–H groups in total. The van der Waals surface area contributed by atoms with Crippen molar-refractivity contribution < 1.29 is 9.53 Å². The van der Waals surface area contributed by atoms with E-state index in [1.807, 2.05) is 37.5 Å². The number of pyridine rings is 2. The second-order valence-electron chi connectivity index (χ2n) is 6.86. The molecule has 0 radical (unpaired) electrons. The van der Waals surface area contributed by atoms with Crippen LogP contribution in [-0.4, -0.2) is 56.4 Å². The summed E-state index contributed by atoms with van der Waals surface area (Å²) in [6.45, 7) is 1.11. The minimum Gasteiger partial charge on any atom is -0.376 e. The molecule has 4 aromatic rings. The van der Waals surface area contributed by atoms with Crippen LogP contribution in [0.2, 0.25) is 0 Å². The maximum atomic E-state index is 12.9. The van der Waals surface area contributed by atoms with Crippen molar-refractivity contribution >= 4 is 38.5 Å². The van der Waals surface area contributed by atoms with E-state index < -0.39 is 6.04 Å². The number of thiophene rings is 1. The van der Waals surface area contributed by atoms with Gasteiger partial charge in [0.25, 0.3) is 5.91 Å². The van der Waals surface area contributed by atoms with Crippen LogP contribution in [0.25, 0.3) is 32.5 Å². The largest absolute Gasteiger partial charge is 0.376 e. The molecule has 29 heavy (non-hydrogen) atoms. The minimum absolute atomic E-state index is 0.150. The molecule has 1 saturated heterocycles. The van der Waals surface area contributed by atoms with Gasteiger partial charge in [-0.25, -0.2) is 9.97 Å². The standard InChI is InChI=1S/C20H16N6O2S/c1-25-10-14-6-13(9-22-18(14)24-25)16-3-2-12-7-17(29-19(12)23-16)20(27)26-4-5-28-11-15(26)8-21/h2-3,6-7,9-10,15H,4-5,11H2,1H3. The zero-order valence-corrected chi connectivity index (χ0v) is 16.4. The van der Waals surface area contributed by atoms with E-state index in [0.717, 1.165) is 26.9 Å². The smallest absolute Gasteiger partial charge is 0.265 e. The van der Waals surface area contributed by atoms with Crippen LogP contribution in [0.3, 0.4) is 0 Å². The van der Waals surface area contributed by atoms with Crippen molar-refractivity contribution in [3.63, 3.8) is 0 Å². The van der Waals surface area contributed by atoms with E-state index in [4.69, 9.17) is 9.72 Å². The van der Waals surface area contributed by atoms with Gasteiger partial charge in [-0.2, -0.15) is 10.4 Å². The number of carbonyl (C=O) groups excluding carboxylic acids is 1. The molecule has 0 aliphatic carbocycles. The first-order chi connectivity index (χ1) is 14.1. The quantitative estimate of drug-likeness (QED) is 0.509. The maximum absolute atomic E-state index is 12.9. The van der Waals surface area contributed by atoms with E-state index in [0.29, 0.717) is 23.7 Å².